The number of hydrogen-bond acceptors (Lipinski definition) is 2. The molecule has 0 heterocycles. The van der Waals surface area contributed by atoms with Gasteiger partial charge in [0.2, 0.25) is 0 Å². The molecular weight excluding hydrogens is 282 g/mol. The first-order valence-corrected chi connectivity index (χ1v) is 7.93. The largest absolute Gasteiger partial charge is 0.494 e. The highest BCUT2D eigenvalue weighted by Crippen LogP contribution is 2.13. The molecule has 0 aliphatic rings. The third-order valence-corrected chi connectivity index (χ3v) is 3.59. The minimum atomic E-state index is 0.696. The highest BCUT2D eigenvalue weighted by Gasteiger charge is 2.05. The topological polar surface area (TPSA) is 28.9 Å². The molecule has 4 nitrogen and oxygen atoms in total. The summed E-state index contributed by atoms with van der Waals surface area (Å²) in [5.41, 5.74) is 1.22. The summed E-state index contributed by atoms with van der Waals surface area (Å²) in [7, 11) is 6.34. The van der Waals surface area contributed by atoms with Crippen molar-refractivity contribution in [3.8, 4) is 5.75 Å². The molecule has 0 aliphatic heterocycles. The number of benzene rings is 1. The second kappa shape index (κ2) is 9.58. The molecule has 0 atom stereocenters. The van der Waals surface area contributed by atoms with Gasteiger partial charge in [0, 0.05) is 26.6 Å². The van der Waals surface area contributed by atoms with Crippen LogP contribution < -0.4 is 15.0 Å². The predicted octanol–water partition coefficient (Wildman–Crippen LogP) is 0.926. The zero-order chi connectivity index (χ0) is 15.7. The van der Waals surface area contributed by atoms with Crippen LogP contribution in [-0.4, -0.2) is 50.9 Å². The molecule has 118 valence electrons. The van der Waals surface area contributed by atoms with E-state index in [1.54, 1.807) is 0 Å². The van der Waals surface area contributed by atoms with Crippen molar-refractivity contribution in [1.82, 2.24) is 10.2 Å². The number of ether oxygens (including phenoxy) is 1. The normalized spacial score (nSPS) is 10.5. The Hall–Kier alpha value is -1.33. The van der Waals surface area contributed by atoms with E-state index >= 15 is 0 Å². The van der Waals surface area contributed by atoms with E-state index in [-0.39, 0.29) is 0 Å². The molecule has 1 aromatic carbocycles. The van der Waals surface area contributed by atoms with Crippen LogP contribution in [0.2, 0.25) is 0 Å². The van der Waals surface area contributed by atoms with Gasteiger partial charge in [0.15, 0.2) is 5.11 Å². The van der Waals surface area contributed by atoms with E-state index in [0.717, 1.165) is 36.9 Å². The van der Waals surface area contributed by atoms with Gasteiger partial charge < -0.3 is 19.9 Å². The summed E-state index contributed by atoms with van der Waals surface area (Å²) in [6.07, 6.45) is 1.12. The first kappa shape index (κ1) is 17.7. The SMILES string of the molecule is CCOc1ccc(CN(C)C(=S)NCCC[NH+](C)C)cc1. The molecule has 0 spiro atoms. The van der Waals surface area contributed by atoms with Crippen LogP contribution >= 0.6 is 12.2 Å². The Morgan fingerprint density at radius 2 is 1.95 bits per heavy atom. The van der Waals surface area contributed by atoms with Gasteiger partial charge >= 0.3 is 0 Å². The fourth-order valence-corrected chi connectivity index (χ4v) is 2.14. The van der Waals surface area contributed by atoms with Crippen LogP contribution in [0, 0.1) is 0 Å². The Labute approximate surface area is 134 Å². The maximum atomic E-state index is 5.44. The molecule has 0 amide bonds. The maximum Gasteiger partial charge on any atom is 0.168 e. The van der Waals surface area contributed by atoms with Gasteiger partial charge in [-0.25, -0.2) is 0 Å². The molecule has 21 heavy (non-hydrogen) atoms. The van der Waals surface area contributed by atoms with Crippen LogP contribution in [0.15, 0.2) is 24.3 Å². The quantitative estimate of drug-likeness (QED) is 0.552. The van der Waals surface area contributed by atoms with Crippen LogP contribution in [0.25, 0.3) is 0 Å². The third kappa shape index (κ3) is 7.29. The van der Waals surface area contributed by atoms with E-state index < -0.39 is 0 Å². The van der Waals surface area contributed by atoms with Gasteiger partial charge in [-0.3, -0.25) is 0 Å². The summed E-state index contributed by atoms with van der Waals surface area (Å²) < 4.78 is 5.44. The van der Waals surface area contributed by atoms with E-state index in [2.05, 4.69) is 36.4 Å². The van der Waals surface area contributed by atoms with Crippen molar-refractivity contribution < 1.29 is 9.64 Å². The predicted molar refractivity (Wildman–Crippen MR) is 92.0 cm³/mol. The minimum absolute atomic E-state index is 0.696. The van der Waals surface area contributed by atoms with Gasteiger partial charge in [-0.15, -0.1) is 0 Å². The molecule has 0 aromatic heterocycles. The average molecular weight is 310 g/mol. The fourth-order valence-electron chi connectivity index (χ4n) is 1.98. The standard InChI is InChI=1S/C16H27N3OS/c1-5-20-15-9-7-14(8-10-15)13-19(4)16(21)17-11-6-12-18(2)3/h7-10H,5-6,11-13H2,1-4H3,(H,17,21)/p+1. The Kier molecular flexibility index (Phi) is 8.08. The van der Waals surface area contributed by atoms with Crippen LogP contribution in [0.3, 0.4) is 0 Å². The van der Waals surface area contributed by atoms with Gasteiger partial charge in [-0.2, -0.15) is 0 Å². The van der Waals surface area contributed by atoms with Crippen molar-refractivity contribution in [2.24, 2.45) is 0 Å². The number of nitrogens with zero attached hydrogens (tertiary/aromatic N) is 1. The third-order valence-electron chi connectivity index (χ3n) is 3.13. The summed E-state index contributed by atoms with van der Waals surface area (Å²) in [6.45, 7) is 5.57. The molecule has 2 N–H and O–H groups in total. The average Bonchev–Trinajstić information content (AvgIpc) is 2.45. The number of thiocarbonyl (C=S) groups is 1. The second-order valence-electron chi connectivity index (χ2n) is 5.48. The molecule has 1 rings (SSSR count). The monoisotopic (exact) mass is 310 g/mol. The summed E-state index contributed by atoms with van der Waals surface area (Å²) >= 11 is 5.41. The molecule has 0 fully saturated rings. The van der Waals surface area contributed by atoms with Crippen LogP contribution in [-0.2, 0) is 6.54 Å². The van der Waals surface area contributed by atoms with Gasteiger partial charge in [-0.1, -0.05) is 12.1 Å². The second-order valence-corrected chi connectivity index (χ2v) is 5.86. The fraction of sp³-hybridized carbons (Fsp3) is 0.562. The van der Waals surface area contributed by atoms with Crippen molar-refractivity contribution in [3.63, 3.8) is 0 Å². The highest BCUT2D eigenvalue weighted by molar-refractivity contribution is 7.80. The van der Waals surface area contributed by atoms with Crippen LogP contribution in [0.5, 0.6) is 5.75 Å². The lowest BCUT2D eigenvalue weighted by molar-refractivity contribution is -0.858. The molecule has 0 aliphatic carbocycles. The molecule has 0 saturated carbocycles. The van der Waals surface area contributed by atoms with E-state index in [1.165, 1.54) is 10.5 Å². The molecule has 0 saturated heterocycles. The number of rotatable bonds is 8. The first-order chi connectivity index (χ1) is 10.0. The smallest absolute Gasteiger partial charge is 0.168 e. The van der Waals surface area contributed by atoms with Crippen LogP contribution in [0.1, 0.15) is 18.9 Å². The molecule has 0 bridgehead atoms. The van der Waals surface area contributed by atoms with Crippen LogP contribution in [0.4, 0.5) is 0 Å². The lowest BCUT2D eigenvalue weighted by Gasteiger charge is -2.21. The van der Waals surface area contributed by atoms with Crippen molar-refractivity contribution in [1.29, 1.82) is 0 Å². The molecule has 0 radical (unpaired) electrons. The summed E-state index contributed by atoms with van der Waals surface area (Å²) in [5, 5.41) is 4.11. The van der Waals surface area contributed by atoms with Crippen molar-refractivity contribution in [2.75, 3.05) is 40.8 Å². The van der Waals surface area contributed by atoms with E-state index in [4.69, 9.17) is 17.0 Å². The van der Waals surface area contributed by atoms with Gasteiger partial charge in [0.25, 0.3) is 0 Å². The molecule has 0 unspecified atom stereocenters. The lowest BCUT2D eigenvalue weighted by Crippen LogP contribution is -3.05. The Bertz CT molecular complexity index is 420. The van der Waals surface area contributed by atoms with E-state index in [1.807, 2.05) is 26.1 Å². The number of hydrogen-bond donors (Lipinski definition) is 2. The molecular formula is C16H28N3OS+. The van der Waals surface area contributed by atoms with Crippen molar-refractivity contribution >= 4 is 17.3 Å². The highest BCUT2D eigenvalue weighted by atomic mass is 32.1. The summed E-state index contributed by atoms with van der Waals surface area (Å²) in [5.74, 6) is 0.913. The molecule has 5 heteroatoms. The zero-order valence-corrected chi connectivity index (χ0v) is 14.4. The molecule has 1 aromatic rings. The van der Waals surface area contributed by atoms with E-state index in [9.17, 15) is 0 Å². The maximum absolute atomic E-state index is 5.44. The van der Waals surface area contributed by atoms with Gasteiger partial charge in [-0.05, 0) is 36.8 Å². The number of nitrogens with one attached hydrogen (secondary N) is 2. The lowest BCUT2D eigenvalue weighted by atomic mass is 10.2. The minimum Gasteiger partial charge on any atom is -0.494 e. The van der Waals surface area contributed by atoms with Crippen molar-refractivity contribution in [3.05, 3.63) is 29.8 Å². The Balaban J connectivity index is 2.34. The summed E-state index contributed by atoms with van der Waals surface area (Å²) in [6, 6.07) is 8.17. The van der Waals surface area contributed by atoms with E-state index in [0.29, 0.717) is 6.61 Å². The van der Waals surface area contributed by atoms with Gasteiger partial charge in [0.1, 0.15) is 5.75 Å². The Morgan fingerprint density at radius 3 is 2.52 bits per heavy atom. The van der Waals surface area contributed by atoms with Crippen molar-refractivity contribution in [2.45, 2.75) is 19.9 Å². The zero-order valence-electron chi connectivity index (χ0n) is 13.6. The van der Waals surface area contributed by atoms with Gasteiger partial charge in [0.05, 0.1) is 27.2 Å². The summed E-state index contributed by atoms with van der Waals surface area (Å²) in [4.78, 5) is 3.53. The first-order valence-electron chi connectivity index (χ1n) is 7.52. The Morgan fingerprint density at radius 1 is 1.29 bits per heavy atom. The number of quaternary nitrogens is 1.